The van der Waals surface area contributed by atoms with Gasteiger partial charge in [-0.05, 0) is 17.9 Å². The minimum atomic E-state index is -3.40. The Kier molecular flexibility index (Phi) is 3.00. The summed E-state index contributed by atoms with van der Waals surface area (Å²) in [5.74, 6) is -0.174. The Morgan fingerprint density at radius 3 is 2.62 bits per heavy atom. The van der Waals surface area contributed by atoms with Gasteiger partial charge in [-0.1, -0.05) is 36.4 Å². The summed E-state index contributed by atoms with van der Waals surface area (Å²) < 4.78 is 28.3. The number of imidazole rings is 1. The highest BCUT2D eigenvalue weighted by molar-refractivity contribution is 7.88. The molecule has 0 amide bonds. The monoisotopic (exact) mass is 371 g/mol. The molecule has 3 aromatic rings. The summed E-state index contributed by atoms with van der Waals surface area (Å²) >= 11 is 0. The van der Waals surface area contributed by atoms with Crippen LogP contribution in [0.15, 0.2) is 47.3 Å². The summed E-state index contributed by atoms with van der Waals surface area (Å²) in [5, 5.41) is 12.7. The smallest absolute Gasteiger partial charge is 0.336 e. The van der Waals surface area contributed by atoms with Crippen molar-refractivity contribution in [3.05, 3.63) is 58.6 Å². The Morgan fingerprint density at radius 1 is 1.12 bits per heavy atom. The number of aromatic hydroxyl groups is 1. The van der Waals surface area contributed by atoms with Gasteiger partial charge in [0, 0.05) is 11.9 Å². The van der Waals surface area contributed by atoms with Gasteiger partial charge in [0.2, 0.25) is 15.9 Å². The second-order valence-corrected chi connectivity index (χ2v) is 8.87. The highest BCUT2D eigenvalue weighted by Crippen LogP contribution is 2.49. The number of sulfonamides is 1. The predicted octanol–water partition coefficient (Wildman–Crippen LogP) is 1.76. The van der Waals surface area contributed by atoms with E-state index >= 15 is 0 Å². The number of fused-ring (bicyclic) bond motifs is 6. The van der Waals surface area contributed by atoms with Crippen LogP contribution >= 0.6 is 0 Å². The Hall–Kier alpha value is -2.58. The molecular formula is C18H17N3O4S. The van der Waals surface area contributed by atoms with Crippen molar-refractivity contribution in [1.82, 2.24) is 13.4 Å². The molecule has 0 spiro atoms. The molecule has 0 unspecified atom stereocenters. The van der Waals surface area contributed by atoms with Crippen molar-refractivity contribution >= 4 is 20.8 Å². The molecule has 1 aromatic heterocycles. The first-order chi connectivity index (χ1) is 12.4. The number of hydrogen-bond donors (Lipinski definition) is 1. The zero-order valence-corrected chi connectivity index (χ0v) is 14.8. The minimum Gasteiger partial charge on any atom is -0.493 e. The Morgan fingerprint density at radius 2 is 1.85 bits per heavy atom. The Balaban J connectivity index is 1.77. The average Bonchev–Trinajstić information content (AvgIpc) is 3.26. The van der Waals surface area contributed by atoms with Gasteiger partial charge in [-0.25, -0.2) is 17.8 Å². The van der Waals surface area contributed by atoms with Crippen molar-refractivity contribution < 1.29 is 13.5 Å². The van der Waals surface area contributed by atoms with Crippen LogP contribution in [0.5, 0.6) is 5.88 Å². The summed E-state index contributed by atoms with van der Waals surface area (Å²) in [7, 11) is -3.40. The first kappa shape index (κ1) is 15.7. The number of hydrogen-bond acceptors (Lipinski definition) is 4. The van der Waals surface area contributed by atoms with E-state index in [2.05, 4.69) is 0 Å². The van der Waals surface area contributed by atoms with Crippen LogP contribution in [0.4, 0.5) is 0 Å². The Bertz CT molecular complexity index is 1220. The van der Waals surface area contributed by atoms with Crippen molar-refractivity contribution in [2.45, 2.75) is 18.5 Å². The lowest BCUT2D eigenvalue weighted by Crippen LogP contribution is -2.37. The minimum absolute atomic E-state index is 0.174. The summed E-state index contributed by atoms with van der Waals surface area (Å²) in [5.41, 5.74) is 0.664. The van der Waals surface area contributed by atoms with Crippen molar-refractivity contribution in [3.8, 4) is 11.6 Å². The molecule has 0 aliphatic carbocycles. The Labute approximate surface area is 149 Å². The van der Waals surface area contributed by atoms with E-state index in [0.29, 0.717) is 17.8 Å². The van der Waals surface area contributed by atoms with Crippen LogP contribution in [0, 0.1) is 0 Å². The largest absolute Gasteiger partial charge is 0.493 e. The molecule has 0 radical (unpaired) electrons. The molecule has 3 heterocycles. The van der Waals surface area contributed by atoms with Crippen LogP contribution in [0.1, 0.15) is 24.2 Å². The van der Waals surface area contributed by atoms with E-state index in [1.807, 2.05) is 36.4 Å². The van der Waals surface area contributed by atoms with Crippen molar-refractivity contribution in [2.24, 2.45) is 0 Å². The third kappa shape index (κ3) is 1.91. The summed E-state index contributed by atoms with van der Waals surface area (Å²) in [6, 6.07) is 12.5. The standard InChI is InChI=1S/C18H17N3O4S/c1-26(24,25)19-10-12-9-15(19)16-17(22)21(18(23)20(12)16)14-8-4-6-11-5-2-3-7-13(11)14/h2-8,12,15,22H,9-10H2,1H3/t12-,15-/m0/s1. The third-order valence-corrected chi connectivity index (χ3v) is 6.70. The molecule has 0 saturated carbocycles. The maximum Gasteiger partial charge on any atom is 0.336 e. The molecule has 8 heteroatoms. The topological polar surface area (TPSA) is 84.5 Å². The summed E-state index contributed by atoms with van der Waals surface area (Å²) in [6.45, 7) is 0.273. The number of benzene rings is 2. The molecule has 5 rings (SSSR count). The van der Waals surface area contributed by atoms with Gasteiger partial charge in [0.1, 0.15) is 5.69 Å². The van der Waals surface area contributed by atoms with Gasteiger partial charge >= 0.3 is 5.69 Å². The van der Waals surface area contributed by atoms with Gasteiger partial charge < -0.3 is 5.11 Å². The second kappa shape index (κ2) is 4.99. The van der Waals surface area contributed by atoms with Gasteiger partial charge in [0.15, 0.2) is 0 Å². The first-order valence-electron chi connectivity index (χ1n) is 8.39. The van der Waals surface area contributed by atoms with E-state index in [4.69, 9.17) is 0 Å². The van der Waals surface area contributed by atoms with E-state index in [1.54, 1.807) is 10.6 Å². The first-order valence-corrected chi connectivity index (χ1v) is 10.2. The highest BCUT2D eigenvalue weighted by Gasteiger charge is 2.50. The quantitative estimate of drug-likeness (QED) is 0.744. The van der Waals surface area contributed by atoms with Crippen LogP contribution in [0.25, 0.3) is 16.5 Å². The van der Waals surface area contributed by atoms with E-state index in [9.17, 15) is 18.3 Å². The van der Waals surface area contributed by atoms with E-state index in [1.165, 1.54) is 8.87 Å². The average molecular weight is 371 g/mol. The van der Waals surface area contributed by atoms with Gasteiger partial charge in [-0.15, -0.1) is 0 Å². The molecule has 2 aliphatic rings. The van der Waals surface area contributed by atoms with Gasteiger partial charge in [-0.3, -0.25) is 4.57 Å². The van der Waals surface area contributed by atoms with E-state index < -0.39 is 16.1 Å². The molecule has 1 N–H and O–H groups in total. The molecule has 2 aliphatic heterocycles. The predicted molar refractivity (Wildman–Crippen MR) is 97.1 cm³/mol. The zero-order valence-electron chi connectivity index (χ0n) is 14.0. The summed E-state index contributed by atoms with van der Waals surface area (Å²) in [6.07, 6.45) is 1.69. The number of aromatic nitrogens is 2. The van der Waals surface area contributed by atoms with Crippen LogP contribution in [0.3, 0.4) is 0 Å². The van der Waals surface area contributed by atoms with Crippen LogP contribution in [-0.2, 0) is 10.0 Å². The lowest BCUT2D eigenvalue weighted by atomic mass is 10.1. The molecule has 7 nitrogen and oxygen atoms in total. The maximum absolute atomic E-state index is 13.1. The second-order valence-electron chi connectivity index (χ2n) is 6.93. The molecule has 2 aromatic carbocycles. The molecule has 2 atom stereocenters. The fraction of sp³-hybridized carbons (Fsp3) is 0.278. The SMILES string of the molecule is CS(=O)(=O)N1C[C@@H]2C[C@H]1c1c(O)n(-c3cccc4ccccc34)c(=O)n12. The zero-order chi connectivity index (χ0) is 18.2. The van der Waals surface area contributed by atoms with Gasteiger partial charge in [0.25, 0.3) is 0 Å². The molecule has 1 fully saturated rings. The van der Waals surface area contributed by atoms with E-state index in [0.717, 1.165) is 17.0 Å². The van der Waals surface area contributed by atoms with Crippen LogP contribution in [-0.4, -0.2) is 39.8 Å². The van der Waals surface area contributed by atoms with Crippen molar-refractivity contribution in [2.75, 3.05) is 12.8 Å². The maximum atomic E-state index is 13.1. The third-order valence-electron chi connectivity index (χ3n) is 5.45. The molecular weight excluding hydrogens is 354 g/mol. The normalized spacial score (nSPS) is 22.2. The fourth-order valence-electron chi connectivity index (χ4n) is 4.39. The van der Waals surface area contributed by atoms with Crippen molar-refractivity contribution in [3.63, 3.8) is 0 Å². The molecule has 26 heavy (non-hydrogen) atoms. The summed E-state index contributed by atoms with van der Waals surface area (Å²) in [4.78, 5) is 13.1. The number of rotatable bonds is 2. The lowest BCUT2D eigenvalue weighted by Gasteiger charge is -2.25. The highest BCUT2D eigenvalue weighted by atomic mass is 32.2. The molecule has 1 saturated heterocycles. The van der Waals surface area contributed by atoms with E-state index in [-0.39, 0.29) is 24.2 Å². The van der Waals surface area contributed by atoms with Gasteiger partial charge in [-0.2, -0.15) is 4.31 Å². The van der Waals surface area contributed by atoms with Crippen molar-refractivity contribution in [1.29, 1.82) is 0 Å². The lowest BCUT2D eigenvalue weighted by molar-refractivity contribution is 0.344. The van der Waals surface area contributed by atoms with Gasteiger partial charge in [0.05, 0.1) is 24.0 Å². The fourth-order valence-corrected chi connectivity index (χ4v) is 5.48. The van der Waals surface area contributed by atoms with Crippen LogP contribution in [0.2, 0.25) is 0 Å². The molecule has 2 bridgehead atoms. The van der Waals surface area contributed by atoms with Crippen LogP contribution < -0.4 is 5.69 Å². The molecule has 134 valence electrons. The number of nitrogens with zero attached hydrogens (tertiary/aromatic N) is 3.